The number of rotatable bonds is 2. The highest BCUT2D eigenvalue weighted by atomic mass is 16.5. The molecule has 0 aliphatic carbocycles. The number of aliphatic hydroxyl groups excluding tert-OH is 2. The fourth-order valence-electron chi connectivity index (χ4n) is 2.09. The molecular weight excluding hydrogens is 254 g/mol. The number of nitrogens with zero attached hydrogens (tertiary/aromatic N) is 3. The molecule has 3 atom stereocenters. The van der Waals surface area contributed by atoms with E-state index in [-0.39, 0.29) is 23.5 Å². The molecule has 2 aromatic heterocycles. The quantitative estimate of drug-likeness (QED) is 0.511. The first kappa shape index (κ1) is 10.9. The summed E-state index contributed by atoms with van der Waals surface area (Å²) in [7, 11) is 0. The fourth-order valence-corrected chi connectivity index (χ4v) is 2.09. The molecule has 2 aromatic rings. The summed E-state index contributed by atoms with van der Waals surface area (Å²) in [6.45, 7) is -0.645. The number of fused-ring (bicyclic) bond motifs is 1. The summed E-state index contributed by atoms with van der Waals surface area (Å²) in [6, 6.07) is 0. The maximum absolute atomic E-state index is 11.7. The third kappa shape index (κ3) is 1.87. The van der Waals surface area contributed by atoms with Crippen molar-refractivity contribution in [2.24, 2.45) is 0 Å². The second-order valence-corrected chi connectivity index (χ2v) is 4.22. The number of hydrogen-bond acceptors (Lipinski definition) is 7. The van der Waals surface area contributed by atoms with Gasteiger partial charge in [0.25, 0.3) is 5.56 Å². The third-order valence-electron chi connectivity index (χ3n) is 3.00. The van der Waals surface area contributed by atoms with Gasteiger partial charge in [0.2, 0.25) is 5.95 Å². The van der Waals surface area contributed by atoms with Crippen LogP contribution >= 0.6 is 0 Å². The first-order valence-corrected chi connectivity index (χ1v) is 5.63. The van der Waals surface area contributed by atoms with E-state index >= 15 is 0 Å². The minimum Gasteiger partial charge on any atom is -0.394 e. The van der Waals surface area contributed by atoms with Gasteiger partial charge in [-0.15, -0.1) is 0 Å². The Morgan fingerprint density at radius 3 is 3.21 bits per heavy atom. The number of nitrogen functional groups attached to an aromatic ring is 1. The van der Waals surface area contributed by atoms with Gasteiger partial charge in [-0.25, -0.2) is 4.98 Å². The minimum absolute atomic E-state index is 0.0675. The van der Waals surface area contributed by atoms with Gasteiger partial charge in [-0.3, -0.25) is 14.3 Å². The lowest BCUT2D eigenvalue weighted by Gasteiger charge is -2.13. The van der Waals surface area contributed by atoms with E-state index in [9.17, 15) is 9.90 Å². The van der Waals surface area contributed by atoms with E-state index in [0.717, 1.165) is 0 Å². The Kier molecular flexibility index (Phi) is 2.47. The van der Waals surface area contributed by atoms with Gasteiger partial charge in [-0.2, -0.15) is 4.98 Å². The SMILES string of the molecule is [2H][C@]1(CO)O[C@@H](n2cnc3c(=O)[nH]c(N)nc32)CC1O. The lowest BCUT2D eigenvalue weighted by molar-refractivity contribution is -0.0432. The Balaban J connectivity index is 2.06. The van der Waals surface area contributed by atoms with Crippen molar-refractivity contribution in [2.75, 3.05) is 12.3 Å². The van der Waals surface area contributed by atoms with Crippen LogP contribution in [0.2, 0.25) is 0 Å². The molecule has 1 unspecified atom stereocenters. The van der Waals surface area contributed by atoms with Gasteiger partial charge < -0.3 is 20.7 Å². The molecule has 0 amide bonds. The standard InChI is InChI=1S/C10H13N5O4/c11-10-13-8-7(9(18)14-10)12-3-15(8)6-1-4(17)5(2-16)19-6/h3-6,16-17H,1-2H2,(H3,11,13,14,18)/t4?,5-,6-/m1/s1/i5D. The molecule has 0 spiro atoms. The van der Waals surface area contributed by atoms with Crippen molar-refractivity contribution in [3.05, 3.63) is 16.7 Å². The molecule has 3 rings (SSSR count). The molecule has 19 heavy (non-hydrogen) atoms. The molecule has 0 radical (unpaired) electrons. The van der Waals surface area contributed by atoms with Gasteiger partial charge in [0.05, 0.1) is 20.4 Å². The van der Waals surface area contributed by atoms with Crippen LogP contribution in [-0.2, 0) is 4.74 Å². The summed E-state index contributed by atoms with van der Waals surface area (Å²) < 4.78 is 14.5. The molecule has 1 aliphatic rings. The molecule has 1 saturated heterocycles. The molecule has 9 heteroatoms. The number of aliphatic hydroxyl groups is 2. The summed E-state index contributed by atoms with van der Waals surface area (Å²) in [4.78, 5) is 21.9. The van der Waals surface area contributed by atoms with Crippen molar-refractivity contribution in [2.45, 2.75) is 24.8 Å². The van der Waals surface area contributed by atoms with Crippen LogP contribution in [0, 0.1) is 0 Å². The molecule has 9 nitrogen and oxygen atoms in total. The Bertz CT molecular complexity index is 715. The van der Waals surface area contributed by atoms with Gasteiger partial charge in [0, 0.05) is 6.42 Å². The summed E-state index contributed by atoms with van der Waals surface area (Å²) >= 11 is 0. The number of aromatic amines is 1. The number of aromatic nitrogens is 4. The van der Waals surface area contributed by atoms with Gasteiger partial charge in [-0.05, 0) is 0 Å². The van der Waals surface area contributed by atoms with E-state index in [4.69, 9.17) is 16.9 Å². The van der Waals surface area contributed by atoms with Gasteiger partial charge in [0.15, 0.2) is 11.2 Å². The predicted molar refractivity (Wildman–Crippen MR) is 64.2 cm³/mol. The molecule has 0 saturated carbocycles. The Morgan fingerprint density at radius 2 is 2.53 bits per heavy atom. The number of hydrogen-bond donors (Lipinski definition) is 4. The van der Waals surface area contributed by atoms with Crippen molar-refractivity contribution >= 4 is 17.1 Å². The van der Waals surface area contributed by atoms with E-state index < -0.39 is 30.6 Å². The number of nitrogens with two attached hydrogens (primary N) is 1. The first-order valence-electron chi connectivity index (χ1n) is 6.13. The molecule has 5 N–H and O–H groups in total. The zero-order valence-electron chi connectivity index (χ0n) is 10.8. The van der Waals surface area contributed by atoms with E-state index in [1.54, 1.807) is 0 Å². The first-order chi connectivity index (χ1) is 9.44. The molecular formula is C10H13N5O4. The van der Waals surface area contributed by atoms with Crippen molar-refractivity contribution < 1.29 is 16.3 Å². The summed E-state index contributed by atoms with van der Waals surface area (Å²) in [6.07, 6.45) is -2.31. The predicted octanol–water partition coefficient (Wildman–Crippen LogP) is -1.66. The van der Waals surface area contributed by atoms with Crippen molar-refractivity contribution in [3.63, 3.8) is 0 Å². The number of nitrogens with one attached hydrogen (secondary N) is 1. The normalized spacial score (nSPS) is 31.8. The maximum Gasteiger partial charge on any atom is 0.280 e. The van der Waals surface area contributed by atoms with Crippen molar-refractivity contribution in [3.8, 4) is 0 Å². The average molecular weight is 268 g/mol. The van der Waals surface area contributed by atoms with E-state index in [0.29, 0.717) is 0 Å². The van der Waals surface area contributed by atoms with E-state index in [1.165, 1.54) is 10.9 Å². The van der Waals surface area contributed by atoms with Crippen LogP contribution in [0.3, 0.4) is 0 Å². The van der Waals surface area contributed by atoms with Gasteiger partial charge >= 0.3 is 0 Å². The number of imidazole rings is 1. The zero-order valence-corrected chi connectivity index (χ0v) is 9.78. The lowest BCUT2D eigenvalue weighted by Crippen LogP contribution is -2.24. The topological polar surface area (TPSA) is 139 Å². The molecule has 1 aliphatic heterocycles. The number of H-pyrrole nitrogens is 1. The summed E-state index contributed by atoms with van der Waals surface area (Å²) in [5.41, 5.74) is 5.29. The third-order valence-corrected chi connectivity index (χ3v) is 3.00. The Morgan fingerprint density at radius 1 is 1.74 bits per heavy atom. The smallest absolute Gasteiger partial charge is 0.280 e. The molecule has 0 aromatic carbocycles. The van der Waals surface area contributed by atoms with Gasteiger partial charge in [-0.1, -0.05) is 0 Å². The van der Waals surface area contributed by atoms with Crippen LogP contribution in [0.25, 0.3) is 11.2 Å². The van der Waals surface area contributed by atoms with Crippen LogP contribution in [-0.4, -0.2) is 48.5 Å². The Hall–Kier alpha value is -1.97. The summed E-state index contributed by atoms with van der Waals surface area (Å²) in [5.74, 6) is -0.0675. The monoisotopic (exact) mass is 268 g/mol. The number of anilines is 1. The lowest BCUT2D eigenvalue weighted by atomic mass is 10.2. The van der Waals surface area contributed by atoms with Crippen LogP contribution < -0.4 is 11.3 Å². The number of ether oxygens (including phenoxy) is 1. The largest absolute Gasteiger partial charge is 0.394 e. The average Bonchev–Trinajstić information content (AvgIpc) is 2.92. The highest BCUT2D eigenvalue weighted by Gasteiger charge is 2.35. The maximum atomic E-state index is 11.7. The van der Waals surface area contributed by atoms with Crippen LogP contribution in [0.15, 0.2) is 11.1 Å². The highest BCUT2D eigenvalue weighted by molar-refractivity contribution is 5.70. The second kappa shape index (κ2) is 4.30. The molecule has 3 heterocycles. The fraction of sp³-hybridized carbons (Fsp3) is 0.500. The zero-order chi connectivity index (χ0) is 14.5. The van der Waals surface area contributed by atoms with Crippen LogP contribution in [0.4, 0.5) is 5.95 Å². The van der Waals surface area contributed by atoms with Crippen LogP contribution in [0.1, 0.15) is 14.0 Å². The van der Waals surface area contributed by atoms with Gasteiger partial charge in [0.1, 0.15) is 12.3 Å². The second-order valence-electron chi connectivity index (χ2n) is 4.22. The highest BCUT2D eigenvalue weighted by Crippen LogP contribution is 2.30. The van der Waals surface area contributed by atoms with E-state index in [1.807, 2.05) is 0 Å². The Labute approximate surface area is 108 Å². The summed E-state index contributed by atoms with van der Waals surface area (Å²) in [5, 5.41) is 18.9. The van der Waals surface area contributed by atoms with Crippen LogP contribution in [0.5, 0.6) is 0 Å². The minimum atomic E-state index is -1.80. The molecule has 1 fully saturated rings. The van der Waals surface area contributed by atoms with E-state index in [2.05, 4.69) is 15.0 Å². The molecule has 102 valence electrons. The van der Waals surface area contributed by atoms with Crippen molar-refractivity contribution in [1.82, 2.24) is 19.5 Å². The molecule has 0 bridgehead atoms. The van der Waals surface area contributed by atoms with Crippen molar-refractivity contribution in [1.29, 1.82) is 0 Å².